The number of likely N-dealkylation sites (tertiary alicyclic amines) is 1. The predicted molar refractivity (Wildman–Crippen MR) is 133 cm³/mol. The maximum Gasteiger partial charge on any atom is 0.319 e. The fourth-order valence-electron chi connectivity index (χ4n) is 5.04. The number of nitrogens with one attached hydrogen (secondary N) is 1. The van der Waals surface area contributed by atoms with E-state index in [2.05, 4.69) is 19.9 Å². The van der Waals surface area contributed by atoms with Crippen LogP contribution in [0.1, 0.15) is 24.7 Å². The number of hydrogen-bond acceptors (Lipinski definition) is 7. The number of carbonyl (C=O) groups excluding carboxylic acids is 1. The molecule has 1 aromatic carbocycles. The van der Waals surface area contributed by atoms with E-state index in [9.17, 15) is 13.6 Å². The number of hydrogen-bond donors (Lipinski definition) is 1. The molecule has 194 valence electrons. The highest BCUT2D eigenvalue weighted by Crippen LogP contribution is 2.35. The Kier molecular flexibility index (Phi) is 5.86. The van der Waals surface area contributed by atoms with E-state index in [1.54, 1.807) is 37.5 Å². The van der Waals surface area contributed by atoms with E-state index in [1.165, 1.54) is 0 Å². The Bertz CT molecular complexity index is 1460. The summed E-state index contributed by atoms with van der Waals surface area (Å²) in [5.41, 5.74) is 3.23. The van der Waals surface area contributed by atoms with E-state index in [-0.39, 0.29) is 17.9 Å². The first-order chi connectivity index (χ1) is 17.9. The first-order valence-electron chi connectivity index (χ1n) is 12.2. The summed E-state index contributed by atoms with van der Waals surface area (Å²) in [6.45, 7) is 3.57. The minimum atomic E-state index is -2.72. The van der Waals surface area contributed by atoms with E-state index >= 15 is 0 Å². The van der Waals surface area contributed by atoms with Crippen molar-refractivity contribution < 1.29 is 18.3 Å². The van der Waals surface area contributed by atoms with Gasteiger partial charge < -0.3 is 29.0 Å². The number of carbonyl (C=O) groups is 1. The van der Waals surface area contributed by atoms with E-state index in [4.69, 9.17) is 14.7 Å². The number of amides is 2. The van der Waals surface area contributed by atoms with Crippen molar-refractivity contribution >= 4 is 34.2 Å². The lowest BCUT2D eigenvalue weighted by Crippen LogP contribution is -2.38. The predicted octanol–water partition coefficient (Wildman–Crippen LogP) is 3.07. The Hall–Kier alpha value is -3.87. The molecule has 1 atom stereocenters. The lowest BCUT2D eigenvalue weighted by Gasteiger charge is -2.27. The zero-order chi connectivity index (χ0) is 25.7. The van der Waals surface area contributed by atoms with Crippen molar-refractivity contribution in [3.05, 3.63) is 30.4 Å². The fraction of sp³-hybridized carbons (Fsp3) is 0.458. The van der Waals surface area contributed by atoms with Gasteiger partial charge in [0.2, 0.25) is 5.95 Å². The highest BCUT2D eigenvalue weighted by atomic mass is 19.3. The molecular formula is C24H27F2N9O2. The molecule has 0 aliphatic carbocycles. The average molecular weight is 512 g/mol. The summed E-state index contributed by atoms with van der Waals surface area (Å²) >= 11 is 0. The van der Waals surface area contributed by atoms with E-state index in [0.717, 1.165) is 6.42 Å². The van der Waals surface area contributed by atoms with Crippen LogP contribution in [-0.2, 0) is 4.74 Å². The zero-order valence-electron chi connectivity index (χ0n) is 20.6. The normalized spacial score (nSPS) is 18.5. The number of halogens is 2. The molecule has 2 saturated heterocycles. The van der Waals surface area contributed by atoms with E-state index in [1.807, 2.05) is 15.5 Å². The number of benzene rings is 1. The number of para-hydroxylation sites is 1. The lowest BCUT2D eigenvalue weighted by molar-refractivity contribution is 0.122. The fourth-order valence-corrected chi connectivity index (χ4v) is 5.04. The number of aromatic amines is 1. The van der Waals surface area contributed by atoms with E-state index in [0.29, 0.717) is 78.8 Å². The molecule has 13 heteroatoms. The summed E-state index contributed by atoms with van der Waals surface area (Å²) in [4.78, 5) is 39.3. The smallest absolute Gasteiger partial charge is 0.319 e. The van der Waals surface area contributed by atoms with Crippen LogP contribution >= 0.6 is 0 Å². The number of H-pyrrole nitrogens is 1. The molecule has 11 nitrogen and oxygen atoms in total. The number of ether oxygens (including phenoxy) is 1. The molecule has 5 heterocycles. The number of urea groups is 1. The van der Waals surface area contributed by atoms with Crippen molar-refractivity contribution in [1.29, 1.82) is 0 Å². The van der Waals surface area contributed by atoms with Gasteiger partial charge >= 0.3 is 6.03 Å². The van der Waals surface area contributed by atoms with Gasteiger partial charge in [-0.1, -0.05) is 12.1 Å². The molecule has 2 fully saturated rings. The number of anilines is 1. The molecule has 4 aromatic rings. The summed E-state index contributed by atoms with van der Waals surface area (Å²) in [6.07, 6.45) is -0.219. The van der Waals surface area contributed by atoms with Crippen LogP contribution in [-0.4, -0.2) is 98.8 Å². The minimum absolute atomic E-state index is 0.000742. The molecular weight excluding hydrogens is 484 g/mol. The molecule has 0 saturated carbocycles. The van der Waals surface area contributed by atoms with Crippen molar-refractivity contribution in [2.24, 2.45) is 0 Å². The molecule has 0 bridgehead atoms. The maximum atomic E-state index is 13.4. The number of alkyl halides is 2. The summed E-state index contributed by atoms with van der Waals surface area (Å²) in [5.74, 6) is 0.136. The molecule has 2 aliphatic rings. The number of nitrogens with zero attached hydrogens (tertiary/aromatic N) is 8. The molecule has 1 unspecified atom stereocenters. The Morgan fingerprint density at radius 2 is 1.95 bits per heavy atom. The Balaban J connectivity index is 1.49. The summed E-state index contributed by atoms with van der Waals surface area (Å²) < 4.78 is 34.4. The third-order valence-electron chi connectivity index (χ3n) is 6.91. The minimum Gasteiger partial charge on any atom is -0.378 e. The second-order valence-corrected chi connectivity index (χ2v) is 9.49. The van der Waals surface area contributed by atoms with Crippen LogP contribution < -0.4 is 4.90 Å². The standard InChI is InChI=1S/C24H27F2N9O2/c1-32(2)24(36)34-7-6-14(12-34)35-13-27-19-18(30-23(31-22(19)35)33-8-10-37-11-9-33)15-4-3-5-16-17(15)29-21(28-16)20(25)26/h3-5,13-14,20H,6-12H2,1-2H3,(H,28,29). The summed E-state index contributed by atoms with van der Waals surface area (Å²) in [5, 5.41) is 0. The van der Waals surface area contributed by atoms with Gasteiger partial charge in [-0.15, -0.1) is 0 Å². The Labute approximate surface area is 211 Å². The summed E-state index contributed by atoms with van der Waals surface area (Å²) in [6, 6.07) is 5.28. The number of imidazole rings is 2. The van der Waals surface area contributed by atoms with Crippen LogP contribution in [0.25, 0.3) is 33.5 Å². The third-order valence-corrected chi connectivity index (χ3v) is 6.91. The molecule has 37 heavy (non-hydrogen) atoms. The third kappa shape index (κ3) is 4.12. The molecule has 2 amide bonds. The van der Waals surface area contributed by atoms with Crippen LogP contribution in [0.15, 0.2) is 24.5 Å². The number of morpholine rings is 1. The topological polar surface area (TPSA) is 108 Å². The van der Waals surface area contributed by atoms with Crippen LogP contribution in [0, 0.1) is 0 Å². The van der Waals surface area contributed by atoms with Crippen molar-refractivity contribution in [1.82, 2.24) is 39.3 Å². The quantitative estimate of drug-likeness (QED) is 0.449. The average Bonchev–Trinajstić information content (AvgIpc) is 3.65. The lowest BCUT2D eigenvalue weighted by atomic mass is 10.1. The maximum absolute atomic E-state index is 13.4. The number of rotatable bonds is 4. The first-order valence-corrected chi connectivity index (χ1v) is 12.2. The highest BCUT2D eigenvalue weighted by molar-refractivity contribution is 5.99. The molecule has 6 rings (SSSR count). The van der Waals surface area contributed by atoms with Gasteiger partial charge in [-0.25, -0.2) is 28.5 Å². The highest BCUT2D eigenvalue weighted by Gasteiger charge is 2.31. The molecule has 3 aromatic heterocycles. The van der Waals surface area contributed by atoms with Crippen LogP contribution in [0.3, 0.4) is 0 Å². The summed E-state index contributed by atoms with van der Waals surface area (Å²) in [7, 11) is 3.48. The Morgan fingerprint density at radius 3 is 2.70 bits per heavy atom. The van der Waals surface area contributed by atoms with E-state index < -0.39 is 6.43 Å². The van der Waals surface area contributed by atoms with Crippen LogP contribution in [0.4, 0.5) is 19.5 Å². The largest absolute Gasteiger partial charge is 0.378 e. The van der Waals surface area contributed by atoms with Crippen molar-refractivity contribution in [2.75, 3.05) is 58.4 Å². The SMILES string of the molecule is CN(C)C(=O)N1CCC(n2cnc3c(-c4cccc5[nH]c(C(F)F)nc45)nc(N4CCOCC4)nc32)C1. The molecule has 2 aliphatic heterocycles. The van der Waals surface area contributed by atoms with Gasteiger partial charge in [-0.05, 0) is 12.5 Å². The van der Waals surface area contributed by atoms with Gasteiger partial charge in [-0.2, -0.15) is 4.98 Å². The van der Waals surface area contributed by atoms with Crippen LogP contribution in [0.2, 0.25) is 0 Å². The van der Waals surface area contributed by atoms with Gasteiger partial charge in [-0.3, -0.25) is 0 Å². The number of fused-ring (bicyclic) bond motifs is 2. The van der Waals surface area contributed by atoms with Crippen molar-refractivity contribution in [2.45, 2.75) is 18.9 Å². The first kappa shape index (κ1) is 23.5. The van der Waals surface area contributed by atoms with Gasteiger partial charge in [0.15, 0.2) is 11.5 Å². The molecule has 0 radical (unpaired) electrons. The second-order valence-electron chi connectivity index (χ2n) is 9.49. The van der Waals surface area contributed by atoms with Crippen molar-refractivity contribution in [3.63, 3.8) is 0 Å². The van der Waals surface area contributed by atoms with Gasteiger partial charge in [0.1, 0.15) is 11.2 Å². The van der Waals surface area contributed by atoms with Gasteiger partial charge in [0.25, 0.3) is 6.43 Å². The van der Waals surface area contributed by atoms with Crippen molar-refractivity contribution in [3.8, 4) is 11.3 Å². The Morgan fingerprint density at radius 1 is 1.14 bits per heavy atom. The second kappa shape index (κ2) is 9.21. The zero-order valence-corrected chi connectivity index (χ0v) is 20.6. The number of aromatic nitrogens is 6. The molecule has 0 spiro atoms. The van der Waals surface area contributed by atoms with Gasteiger partial charge in [0.05, 0.1) is 36.6 Å². The monoisotopic (exact) mass is 511 g/mol. The van der Waals surface area contributed by atoms with Crippen LogP contribution in [0.5, 0.6) is 0 Å². The molecule has 1 N–H and O–H groups in total. The van der Waals surface area contributed by atoms with Gasteiger partial charge in [0, 0.05) is 45.8 Å².